The van der Waals surface area contributed by atoms with Crippen molar-refractivity contribution in [3.8, 4) is 11.5 Å². The predicted molar refractivity (Wildman–Crippen MR) is 130 cm³/mol. The van der Waals surface area contributed by atoms with E-state index in [0.29, 0.717) is 5.75 Å². The summed E-state index contributed by atoms with van der Waals surface area (Å²) in [6.45, 7) is 6.12. The number of nitrogens with one attached hydrogen (secondary N) is 1. The Morgan fingerprint density at radius 3 is 2.30 bits per heavy atom. The van der Waals surface area contributed by atoms with Crippen LogP contribution in [-0.2, 0) is 17.5 Å². The normalized spacial score (nSPS) is 11.5. The summed E-state index contributed by atoms with van der Waals surface area (Å²) in [6.07, 6.45) is -4.62. The molecule has 0 radical (unpaired) electrons. The van der Waals surface area contributed by atoms with Crippen LogP contribution in [0.5, 0.6) is 11.5 Å². The molecule has 12 heteroatoms. The number of ether oxygens (including phenoxy) is 1. The number of hydrogen-bond donors (Lipinski definition) is 1. The average Bonchev–Trinajstić information content (AvgIpc) is 3.06. The number of halogens is 3. The summed E-state index contributed by atoms with van der Waals surface area (Å²) < 4.78 is 47.6. The number of non-ortho nitro benzene ring substituents is 1. The van der Waals surface area contributed by atoms with Crippen LogP contribution in [-0.4, -0.2) is 25.6 Å². The molecule has 2 aromatic heterocycles. The molecule has 2 aromatic carbocycles. The van der Waals surface area contributed by atoms with Gasteiger partial charge in [-0.05, 0) is 57.0 Å². The number of alkyl halides is 3. The molecule has 2 heterocycles. The maximum Gasteiger partial charge on any atom is 0.417 e. The number of aryl methyl sites for hydroxylation is 4. The molecule has 0 spiro atoms. The van der Waals surface area contributed by atoms with Crippen LogP contribution in [0.3, 0.4) is 0 Å². The predicted octanol–water partition coefficient (Wildman–Crippen LogP) is 6.02. The van der Waals surface area contributed by atoms with Crippen molar-refractivity contribution in [2.24, 2.45) is 0 Å². The van der Waals surface area contributed by atoms with Gasteiger partial charge in [-0.3, -0.25) is 14.9 Å². The molecule has 0 bridgehead atoms. The number of anilines is 1. The molecule has 0 atom stereocenters. The molecule has 0 aliphatic carbocycles. The number of benzene rings is 2. The Bertz CT molecular complexity index is 1530. The number of nitrogens with zero attached hydrogens (tertiary/aromatic N) is 4. The van der Waals surface area contributed by atoms with Gasteiger partial charge in [-0.25, -0.2) is 9.67 Å². The summed E-state index contributed by atoms with van der Waals surface area (Å²) in [7, 11) is 0. The molecule has 0 unspecified atom stereocenters. The van der Waals surface area contributed by atoms with Gasteiger partial charge >= 0.3 is 6.18 Å². The molecule has 9 nitrogen and oxygen atoms in total. The van der Waals surface area contributed by atoms with Crippen LogP contribution >= 0.6 is 0 Å². The number of rotatable bonds is 6. The third kappa shape index (κ3) is 5.68. The molecule has 0 aliphatic heterocycles. The Morgan fingerprint density at radius 2 is 1.68 bits per heavy atom. The van der Waals surface area contributed by atoms with Crippen molar-refractivity contribution < 1.29 is 27.6 Å². The number of carbonyl (C=O) groups is 1. The molecule has 4 aromatic rings. The van der Waals surface area contributed by atoms with Gasteiger partial charge in [0.1, 0.15) is 18.0 Å². The van der Waals surface area contributed by atoms with E-state index in [9.17, 15) is 28.1 Å². The molecule has 0 saturated heterocycles. The topological polar surface area (TPSA) is 112 Å². The molecule has 1 amide bonds. The van der Waals surface area contributed by atoms with Crippen LogP contribution in [0.15, 0.2) is 42.5 Å². The summed E-state index contributed by atoms with van der Waals surface area (Å²) in [5, 5.41) is 17.9. The molecular weight excluding hydrogens is 491 g/mol. The van der Waals surface area contributed by atoms with E-state index >= 15 is 0 Å². The highest BCUT2D eigenvalue weighted by atomic mass is 19.4. The highest BCUT2D eigenvalue weighted by Crippen LogP contribution is 2.36. The molecular formula is C25H22F3N5O4. The van der Waals surface area contributed by atoms with Gasteiger partial charge in [0.15, 0.2) is 5.65 Å². The van der Waals surface area contributed by atoms with E-state index in [1.54, 1.807) is 12.1 Å². The Morgan fingerprint density at radius 1 is 1.03 bits per heavy atom. The summed E-state index contributed by atoms with van der Waals surface area (Å²) in [6, 6.07) is 10.2. The lowest BCUT2D eigenvalue weighted by molar-refractivity contribution is -0.384. The van der Waals surface area contributed by atoms with E-state index in [2.05, 4.69) is 15.4 Å². The average molecular weight is 513 g/mol. The van der Waals surface area contributed by atoms with E-state index in [-0.39, 0.29) is 39.5 Å². The molecule has 0 aliphatic rings. The monoisotopic (exact) mass is 513 g/mol. The zero-order chi connectivity index (χ0) is 27.1. The summed E-state index contributed by atoms with van der Waals surface area (Å²) in [4.78, 5) is 27.8. The highest BCUT2D eigenvalue weighted by Gasteiger charge is 2.35. The lowest BCUT2D eigenvalue weighted by Gasteiger charge is -2.11. The molecule has 0 saturated carbocycles. The largest absolute Gasteiger partial charge is 0.457 e. The first kappa shape index (κ1) is 25.6. The van der Waals surface area contributed by atoms with E-state index in [1.807, 2.05) is 19.9 Å². The highest BCUT2D eigenvalue weighted by molar-refractivity contribution is 5.92. The van der Waals surface area contributed by atoms with Crippen LogP contribution in [0, 0.1) is 37.8 Å². The van der Waals surface area contributed by atoms with E-state index in [0.717, 1.165) is 27.9 Å². The van der Waals surface area contributed by atoms with Crippen molar-refractivity contribution in [1.82, 2.24) is 14.8 Å². The summed E-state index contributed by atoms with van der Waals surface area (Å²) in [5.41, 5.74) is 0.859. The lowest BCUT2D eigenvalue weighted by Crippen LogP contribution is -2.20. The van der Waals surface area contributed by atoms with Gasteiger partial charge in [-0.15, -0.1) is 0 Å². The zero-order valence-electron chi connectivity index (χ0n) is 20.3. The van der Waals surface area contributed by atoms with Gasteiger partial charge in [0.2, 0.25) is 5.91 Å². The SMILES string of the molecule is Cc1cc(C)cc(Oc2cc(NC(=O)Cn3nc(C)c4c(C(F)(F)F)cc(C)nc43)cc([N+](=O)[O-])c2)c1. The number of hydrogen-bond acceptors (Lipinski definition) is 6. The number of aromatic nitrogens is 3. The minimum absolute atomic E-state index is 0.0714. The number of amides is 1. The van der Waals surface area contributed by atoms with Crippen molar-refractivity contribution in [1.29, 1.82) is 0 Å². The molecule has 37 heavy (non-hydrogen) atoms. The third-order valence-electron chi connectivity index (χ3n) is 5.42. The first-order valence-electron chi connectivity index (χ1n) is 11.1. The van der Waals surface area contributed by atoms with Crippen LogP contribution in [0.2, 0.25) is 0 Å². The number of fused-ring (bicyclic) bond motifs is 1. The maximum atomic E-state index is 13.6. The first-order valence-corrected chi connectivity index (χ1v) is 11.1. The fourth-order valence-electron chi connectivity index (χ4n) is 4.10. The molecule has 0 fully saturated rings. The number of pyridine rings is 1. The van der Waals surface area contributed by atoms with Gasteiger partial charge < -0.3 is 10.1 Å². The Hall–Kier alpha value is -4.48. The standard InChI is InChI=1S/C25H22F3N5O4/c1-13-5-14(2)7-19(6-13)37-20-10-17(9-18(11-20)33(35)36)30-22(34)12-32-24-23(16(4)31-32)21(25(26,27)28)8-15(3)29-24/h5-11H,12H2,1-4H3,(H,30,34). The van der Waals surface area contributed by atoms with Crippen molar-refractivity contribution >= 4 is 28.3 Å². The van der Waals surface area contributed by atoms with E-state index in [4.69, 9.17) is 4.74 Å². The van der Waals surface area contributed by atoms with E-state index < -0.39 is 29.1 Å². The number of nitro benzene ring substituents is 1. The summed E-state index contributed by atoms with van der Waals surface area (Å²) >= 11 is 0. The van der Waals surface area contributed by atoms with Crippen molar-refractivity contribution in [2.75, 3.05) is 5.32 Å². The number of nitro groups is 1. The minimum Gasteiger partial charge on any atom is -0.457 e. The quantitative estimate of drug-likeness (QED) is 0.249. The second-order valence-electron chi connectivity index (χ2n) is 8.70. The zero-order valence-corrected chi connectivity index (χ0v) is 20.3. The van der Waals surface area contributed by atoms with Gasteiger partial charge in [0, 0.05) is 17.8 Å². The van der Waals surface area contributed by atoms with Crippen molar-refractivity contribution in [3.63, 3.8) is 0 Å². The van der Waals surface area contributed by atoms with Gasteiger partial charge in [-0.2, -0.15) is 18.3 Å². The van der Waals surface area contributed by atoms with Crippen LogP contribution in [0.1, 0.15) is 28.1 Å². The summed E-state index contributed by atoms with van der Waals surface area (Å²) in [5.74, 6) is -0.0724. The number of carbonyl (C=O) groups excluding carboxylic acids is 1. The first-order chi connectivity index (χ1) is 17.3. The Labute approximate surface area is 209 Å². The Kier molecular flexibility index (Phi) is 6.59. The van der Waals surface area contributed by atoms with Crippen LogP contribution in [0.4, 0.5) is 24.5 Å². The smallest absolute Gasteiger partial charge is 0.417 e. The van der Waals surface area contributed by atoms with Gasteiger partial charge in [0.25, 0.3) is 5.69 Å². The van der Waals surface area contributed by atoms with Gasteiger partial charge in [0.05, 0.1) is 33.3 Å². The maximum absolute atomic E-state index is 13.6. The van der Waals surface area contributed by atoms with Crippen LogP contribution < -0.4 is 10.1 Å². The lowest BCUT2D eigenvalue weighted by atomic mass is 10.1. The second kappa shape index (κ2) is 9.52. The Balaban J connectivity index is 1.63. The minimum atomic E-state index is -4.62. The van der Waals surface area contributed by atoms with Crippen molar-refractivity contribution in [3.05, 3.63) is 80.7 Å². The second-order valence-corrected chi connectivity index (χ2v) is 8.70. The molecule has 192 valence electrons. The molecule has 4 rings (SSSR count). The van der Waals surface area contributed by atoms with E-state index in [1.165, 1.54) is 26.0 Å². The third-order valence-corrected chi connectivity index (χ3v) is 5.42. The van der Waals surface area contributed by atoms with Crippen molar-refractivity contribution in [2.45, 2.75) is 40.4 Å². The van der Waals surface area contributed by atoms with Gasteiger partial charge in [-0.1, -0.05) is 6.07 Å². The fourth-order valence-corrected chi connectivity index (χ4v) is 4.10. The van der Waals surface area contributed by atoms with Crippen LogP contribution in [0.25, 0.3) is 11.0 Å². The fraction of sp³-hybridized carbons (Fsp3) is 0.240. The molecule has 1 N–H and O–H groups in total.